The molecule has 168 valence electrons. The summed E-state index contributed by atoms with van der Waals surface area (Å²) < 4.78 is 31.2. The monoisotopic (exact) mass is 548 g/mol. The Hall–Kier alpha value is -1.52. The lowest BCUT2D eigenvalue weighted by Gasteiger charge is -2.55. The molecule has 0 saturated heterocycles. The molecule has 4 aliphatic rings. The van der Waals surface area contributed by atoms with Crippen molar-refractivity contribution < 1.29 is 18.7 Å². The van der Waals surface area contributed by atoms with Gasteiger partial charge in [-0.25, -0.2) is 0 Å². The molecule has 0 aliphatic heterocycles. The molecule has 0 spiro atoms. The van der Waals surface area contributed by atoms with Crippen LogP contribution in [0.2, 0.25) is 0 Å². The molecule has 0 amide bonds. The average molecular weight is 548 g/mol. The first-order chi connectivity index (χ1) is 15.1. The minimum Gasteiger partial charge on any atom is -0.382 e. The fourth-order valence-electron chi connectivity index (χ4n) is 7.29. The van der Waals surface area contributed by atoms with Gasteiger partial charge in [-0.1, -0.05) is 24.6 Å². The lowest BCUT2D eigenvalue weighted by atomic mass is 9.50. The molecule has 5 heteroatoms. The summed E-state index contributed by atoms with van der Waals surface area (Å²) in [6.07, 6.45) is 10.9. The zero-order valence-corrected chi connectivity index (χ0v) is 20.3. The van der Waals surface area contributed by atoms with Gasteiger partial charge in [-0.3, -0.25) is 4.79 Å². The Balaban J connectivity index is 1.70. The second kappa shape index (κ2) is 7.50. The maximum absolute atomic E-state index is 15.0. The van der Waals surface area contributed by atoms with E-state index < -0.39 is 16.9 Å². The fourth-order valence-corrected chi connectivity index (χ4v) is 7.65. The molecule has 5 rings (SSSR count). The number of benzene rings is 1. The standard InChI is InChI=1S/C27H27F2IO2/c1-3-27(28,29)26(32)13-12-23-21-10-6-17-14-19(31)9-11-20(17)24(21)22(15-25(23,26)2)16-4-7-18(30)8-5-16/h1,4-5,7-8,14,21-23,32H,6,9-13,15H2,2H3/t21?,22?,23?,25-,26-/m0/s1. The predicted molar refractivity (Wildman–Crippen MR) is 128 cm³/mol. The molecule has 0 radical (unpaired) electrons. The second-order valence-electron chi connectivity index (χ2n) is 10.2. The molecule has 1 aromatic carbocycles. The van der Waals surface area contributed by atoms with Gasteiger partial charge in [-0.2, -0.15) is 8.78 Å². The number of halogens is 3. The Kier molecular flexibility index (Phi) is 5.22. The van der Waals surface area contributed by atoms with Crippen molar-refractivity contribution in [2.45, 2.75) is 69.3 Å². The van der Waals surface area contributed by atoms with Gasteiger partial charge in [-0.05, 0) is 114 Å². The van der Waals surface area contributed by atoms with Crippen molar-refractivity contribution in [3.05, 3.63) is 56.2 Å². The Morgan fingerprint density at radius 3 is 2.59 bits per heavy atom. The number of alkyl halides is 2. The molecule has 32 heavy (non-hydrogen) atoms. The number of hydrogen-bond donors (Lipinski definition) is 1. The van der Waals surface area contributed by atoms with Gasteiger partial charge in [-0.15, -0.1) is 6.42 Å². The highest BCUT2D eigenvalue weighted by Gasteiger charge is 2.71. The Bertz CT molecular complexity index is 1080. The van der Waals surface area contributed by atoms with Crippen LogP contribution in [-0.4, -0.2) is 22.4 Å². The molecule has 2 saturated carbocycles. The van der Waals surface area contributed by atoms with E-state index in [0.29, 0.717) is 19.3 Å². The van der Waals surface area contributed by atoms with E-state index in [4.69, 9.17) is 6.42 Å². The highest BCUT2D eigenvalue weighted by Crippen LogP contribution is 2.69. The van der Waals surface area contributed by atoms with Gasteiger partial charge >= 0.3 is 5.92 Å². The van der Waals surface area contributed by atoms with Crippen LogP contribution in [0.1, 0.15) is 63.4 Å². The van der Waals surface area contributed by atoms with E-state index in [-0.39, 0.29) is 30.0 Å². The summed E-state index contributed by atoms with van der Waals surface area (Å²) in [5.74, 6) is -1.76. The summed E-state index contributed by atoms with van der Waals surface area (Å²) in [5.41, 5.74) is 1.62. The van der Waals surface area contributed by atoms with Crippen molar-refractivity contribution >= 4 is 28.4 Å². The number of hydrogen-bond acceptors (Lipinski definition) is 2. The van der Waals surface area contributed by atoms with Crippen LogP contribution in [0.15, 0.2) is 47.1 Å². The largest absolute Gasteiger partial charge is 0.382 e. The normalized spacial score (nSPS) is 36.7. The van der Waals surface area contributed by atoms with Crippen LogP contribution in [0.3, 0.4) is 0 Å². The molecule has 4 aliphatic carbocycles. The zero-order chi connectivity index (χ0) is 22.9. The molecule has 1 aromatic rings. The van der Waals surface area contributed by atoms with Gasteiger partial charge in [0.15, 0.2) is 5.78 Å². The van der Waals surface area contributed by atoms with Crippen LogP contribution in [0.4, 0.5) is 8.78 Å². The van der Waals surface area contributed by atoms with Crippen LogP contribution in [-0.2, 0) is 4.79 Å². The Labute approximate surface area is 201 Å². The summed E-state index contributed by atoms with van der Waals surface area (Å²) in [5, 5.41) is 11.5. The summed E-state index contributed by atoms with van der Waals surface area (Å²) >= 11 is 2.27. The molecule has 3 unspecified atom stereocenters. The number of carbonyl (C=O) groups excluding carboxylic acids is 1. The predicted octanol–water partition coefficient (Wildman–Crippen LogP) is 6.19. The number of carbonyl (C=O) groups is 1. The molecule has 5 atom stereocenters. The SMILES string of the molecule is C#CC(F)(F)[C@]1(O)CCC2C3CCC4=CC(=O)CCC4=C3C(c3ccc(I)cc3)C[C@@]21C. The maximum Gasteiger partial charge on any atom is 0.336 e. The van der Waals surface area contributed by atoms with Crippen molar-refractivity contribution in [3.63, 3.8) is 0 Å². The van der Waals surface area contributed by atoms with Crippen molar-refractivity contribution in [1.29, 1.82) is 0 Å². The van der Waals surface area contributed by atoms with Crippen molar-refractivity contribution in [3.8, 4) is 12.3 Å². The average Bonchev–Trinajstić information content (AvgIpc) is 3.05. The van der Waals surface area contributed by atoms with E-state index >= 15 is 8.78 Å². The van der Waals surface area contributed by atoms with Gasteiger partial charge in [0.1, 0.15) is 5.60 Å². The fraction of sp³-hybridized carbons (Fsp3) is 0.519. The van der Waals surface area contributed by atoms with E-state index in [0.717, 1.165) is 34.0 Å². The second-order valence-corrected chi connectivity index (χ2v) is 11.4. The molecular weight excluding hydrogens is 521 g/mol. The quantitative estimate of drug-likeness (QED) is 0.354. The molecule has 0 bridgehead atoms. The molecule has 1 N–H and O–H groups in total. The van der Waals surface area contributed by atoms with E-state index in [1.165, 1.54) is 11.1 Å². The first-order valence-electron chi connectivity index (χ1n) is 11.4. The first kappa shape index (κ1) is 22.3. The van der Waals surface area contributed by atoms with Crippen LogP contribution >= 0.6 is 22.6 Å². The summed E-state index contributed by atoms with van der Waals surface area (Å²) in [6, 6.07) is 8.26. The molecule has 2 nitrogen and oxygen atoms in total. The summed E-state index contributed by atoms with van der Waals surface area (Å²) in [4.78, 5) is 12.1. The number of fused-ring (bicyclic) bond motifs is 4. The molecule has 2 fully saturated rings. The van der Waals surface area contributed by atoms with Crippen molar-refractivity contribution in [2.24, 2.45) is 17.3 Å². The highest BCUT2D eigenvalue weighted by molar-refractivity contribution is 14.1. The smallest absolute Gasteiger partial charge is 0.336 e. The van der Waals surface area contributed by atoms with Crippen molar-refractivity contribution in [2.75, 3.05) is 0 Å². The topological polar surface area (TPSA) is 37.3 Å². The first-order valence-corrected chi connectivity index (χ1v) is 12.5. The summed E-state index contributed by atoms with van der Waals surface area (Å²) in [6.45, 7) is 1.84. The number of terminal acetylenes is 1. The van der Waals surface area contributed by atoms with Crippen molar-refractivity contribution in [1.82, 2.24) is 0 Å². The van der Waals surface area contributed by atoms with Gasteiger partial charge in [0.05, 0.1) is 0 Å². The van der Waals surface area contributed by atoms with E-state index in [1.54, 1.807) is 12.0 Å². The molecule has 0 heterocycles. The van der Waals surface area contributed by atoms with E-state index in [2.05, 4.69) is 34.7 Å². The zero-order valence-electron chi connectivity index (χ0n) is 18.1. The Morgan fingerprint density at radius 1 is 1.19 bits per heavy atom. The lowest BCUT2D eigenvalue weighted by molar-refractivity contribution is -0.209. The third kappa shape index (κ3) is 3.01. The van der Waals surface area contributed by atoms with Crippen LogP contribution < -0.4 is 0 Å². The van der Waals surface area contributed by atoms with Crippen LogP contribution in [0, 0.1) is 33.2 Å². The Morgan fingerprint density at radius 2 is 1.91 bits per heavy atom. The third-order valence-electron chi connectivity index (χ3n) is 8.86. The minimum atomic E-state index is -3.57. The van der Waals surface area contributed by atoms with E-state index in [9.17, 15) is 9.90 Å². The van der Waals surface area contributed by atoms with Gasteiger partial charge in [0.25, 0.3) is 0 Å². The third-order valence-corrected chi connectivity index (χ3v) is 9.58. The number of ketones is 1. The van der Waals surface area contributed by atoms with Crippen LogP contribution in [0.25, 0.3) is 0 Å². The molecular formula is C27H27F2IO2. The van der Waals surface area contributed by atoms with Gasteiger partial charge in [0.2, 0.25) is 0 Å². The van der Waals surface area contributed by atoms with Crippen LogP contribution in [0.5, 0.6) is 0 Å². The number of allylic oxidation sites excluding steroid dienone is 4. The minimum absolute atomic E-state index is 0.0189. The molecule has 0 aromatic heterocycles. The number of rotatable bonds is 2. The lowest BCUT2D eigenvalue weighted by Crippen LogP contribution is -2.60. The maximum atomic E-state index is 15.0. The van der Waals surface area contributed by atoms with Gasteiger partial charge in [0, 0.05) is 21.3 Å². The summed E-state index contributed by atoms with van der Waals surface area (Å²) in [7, 11) is 0. The van der Waals surface area contributed by atoms with Gasteiger partial charge < -0.3 is 5.11 Å². The number of aliphatic hydroxyl groups is 1. The van der Waals surface area contributed by atoms with E-state index in [1.807, 2.05) is 19.1 Å². The highest BCUT2D eigenvalue weighted by atomic mass is 127.